The minimum Gasteiger partial charge on any atom is -0.443 e. The van der Waals surface area contributed by atoms with Crippen LogP contribution in [0.3, 0.4) is 0 Å². The Morgan fingerprint density at radius 2 is 1.56 bits per heavy atom. The maximum Gasteiger partial charge on any atom is 0.181 e. The van der Waals surface area contributed by atoms with Gasteiger partial charge in [-0.25, -0.2) is 4.98 Å². The number of oxazole rings is 1. The maximum absolute atomic E-state index is 5.01. The van der Waals surface area contributed by atoms with Gasteiger partial charge in [0.05, 0.1) is 0 Å². The summed E-state index contributed by atoms with van der Waals surface area (Å²) in [4.78, 5) is 3.95. The van der Waals surface area contributed by atoms with Gasteiger partial charge >= 0.3 is 0 Å². The smallest absolute Gasteiger partial charge is 0.181 e. The highest BCUT2D eigenvalue weighted by atomic mass is 16.3. The minimum atomic E-state index is 0.845. The van der Waals surface area contributed by atoms with Crippen molar-refractivity contribution in [2.24, 2.45) is 0 Å². The molecule has 0 atom stereocenters. The standard InChI is InChI=1S/C8H9N.C7H5NO/c1-2-4-8-6-9-5-7(8)3-1;1-2-4-7-6(3-1)8-5-9-7/h1-4,9H,5-6H2;1-5H. The molecule has 1 aliphatic heterocycles. The molecule has 0 fully saturated rings. The molecule has 2 heterocycles. The Balaban J connectivity index is 0.000000111. The third kappa shape index (κ3) is 2.26. The van der Waals surface area contributed by atoms with Gasteiger partial charge in [0.25, 0.3) is 0 Å². The molecular formula is C15H14N2O. The molecule has 1 aliphatic rings. The van der Waals surface area contributed by atoms with E-state index in [2.05, 4.69) is 34.6 Å². The van der Waals surface area contributed by atoms with Crippen LogP contribution in [-0.2, 0) is 13.1 Å². The summed E-state index contributed by atoms with van der Waals surface area (Å²) in [5.41, 5.74) is 4.67. The van der Waals surface area contributed by atoms with Crippen molar-refractivity contribution in [1.82, 2.24) is 10.3 Å². The van der Waals surface area contributed by atoms with Crippen molar-refractivity contribution in [3.8, 4) is 0 Å². The Bertz CT molecular complexity index is 592. The van der Waals surface area contributed by atoms with Gasteiger partial charge in [0.15, 0.2) is 12.0 Å². The van der Waals surface area contributed by atoms with Gasteiger partial charge in [-0.3, -0.25) is 0 Å². The molecule has 3 heteroatoms. The van der Waals surface area contributed by atoms with E-state index in [4.69, 9.17) is 4.42 Å². The van der Waals surface area contributed by atoms with Crippen LogP contribution in [0.2, 0.25) is 0 Å². The molecule has 0 bridgehead atoms. The van der Waals surface area contributed by atoms with Crippen LogP contribution < -0.4 is 5.32 Å². The molecule has 3 nitrogen and oxygen atoms in total. The molecule has 2 aromatic carbocycles. The molecule has 0 saturated heterocycles. The van der Waals surface area contributed by atoms with E-state index >= 15 is 0 Å². The molecule has 4 rings (SSSR count). The zero-order valence-electron chi connectivity index (χ0n) is 9.97. The number of nitrogens with one attached hydrogen (secondary N) is 1. The average Bonchev–Trinajstić information content (AvgIpc) is 3.08. The second-order valence-electron chi connectivity index (χ2n) is 4.19. The third-order valence-corrected chi connectivity index (χ3v) is 2.99. The number of aromatic nitrogens is 1. The van der Waals surface area contributed by atoms with Gasteiger partial charge < -0.3 is 9.73 Å². The summed E-state index contributed by atoms with van der Waals surface area (Å²) >= 11 is 0. The largest absolute Gasteiger partial charge is 0.443 e. The fourth-order valence-corrected chi connectivity index (χ4v) is 2.04. The van der Waals surface area contributed by atoms with Crippen molar-refractivity contribution in [3.63, 3.8) is 0 Å². The highest BCUT2D eigenvalue weighted by Gasteiger charge is 2.06. The topological polar surface area (TPSA) is 38.1 Å². The van der Waals surface area contributed by atoms with Crippen LogP contribution in [0, 0.1) is 0 Å². The van der Waals surface area contributed by atoms with Gasteiger partial charge in [-0.2, -0.15) is 0 Å². The molecule has 1 N–H and O–H groups in total. The van der Waals surface area contributed by atoms with Crippen LogP contribution in [0.5, 0.6) is 0 Å². The van der Waals surface area contributed by atoms with Crippen molar-refractivity contribution in [2.75, 3.05) is 0 Å². The number of fused-ring (bicyclic) bond motifs is 2. The highest BCUT2D eigenvalue weighted by molar-refractivity contribution is 5.71. The van der Waals surface area contributed by atoms with Crippen molar-refractivity contribution in [3.05, 3.63) is 66.1 Å². The Kier molecular flexibility index (Phi) is 3.07. The summed E-state index contributed by atoms with van der Waals surface area (Å²) in [6.07, 6.45) is 1.45. The van der Waals surface area contributed by atoms with E-state index in [1.165, 1.54) is 17.5 Å². The van der Waals surface area contributed by atoms with Crippen molar-refractivity contribution >= 4 is 11.1 Å². The Hall–Kier alpha value is -2.13. The number of nitrogens with zero attached hydrogens (tertiary/aromatic N) is 1. The number of hydrogen-bond acceptors (Lipinski definition) is 3. The minimum absolute atomic E-state index is 0.845. The molecule has 18 heavy (non-hydrogen) atoms. The first-order chi connectivity index (χ1) is 8.93. The van der Waals surface area contributed by atoms with Gasteiger partial charge in [-0.1, -0.05) is 36.4 Å². The van der Waals surface area contributed by atoms with E-state index < -0.39 is 0 Å². The lowest BCUT2D eigenvalue weighted by Crippen LogP contribution is -1.99. The van der Waals surface area contributed by atoms with Gasteiger partial charge in [-0.05, 0) is 23.3 Å². The number of hydrogen-bond donors (Lipinski definition) is 1. The fourth-order valence-electron chi connectivity index (χ4n) is 2.04. The lowest BCUT2D eigenvalue weighted by atomic mass is 10.1. The number of benzene rings is 2. The predicted molar refractivity (Wildman–Crippen MR) is 71.0 cm³/mol. The summed E-state index contributed by atoms with van der Waals surface area (Å²) in [6, 6.07) is 16.2. The first-order valence-electron chi connectivity index (χ1n) is 5.99. The van der Waals surface area contributed by atoms with Crippen molar-refractivity contribution in [2.45, 2.75) is 13.1 Å². The molecule has 0 unspecified atom stereocenters. The quantitative estimate of drug-likeness (QED) is 0.654. The van der Waals surface area contributed by atoms with E-state index in [-0.39, 0.29) is 0 Å². The first kappa shape index (κ1) is 11.0. The molecule has 0 radical (unpaired) electrons. The van der Waals surface area contributed by atoms with E-state index in [0.29, 0.717) is 0 Å². The normalized spacial score (nSPS) is 12.9. The SMILES string of the molecule is c1ccc2c(c1)CNC2.c1ccc2ocnc2c1. The van der Waals surface area contributed by atoms with E-state index in [1.54, 1.807) is 0 Å². The zero-order chi connectivity index (χ0) is 12.2. The summed E-state index contributed by atoms with van der Waals surface area (Å²) < 4.78 is 5.01. The molecule has 0 spiro atoms. The molecule has 3 aromatic rings. The van der Waals surface area contributed by atoms with Gasteiger partial charge in [0.1, 0.15) is 5.52 Å². The number of para-hydroxylation sites is 2. The molecular weight excluding hydrogens is 224 g/mol. The van der Waals surface area contributed by atoms with Crippen LogP contribution >= 0.6 is 0 Å². The van der Waals surface area contributed by atoms with Crippen molar-refractivity contribution < 1.29 is 4.42 Å². The Morgan fingerprint density at radius 3 is 2.28 bits per heavy atom. The van der Waals surface area contributed by atoms with E-state index in [1.807, 2.05) is 24.3 Å². The average molecular weight is 238 g/mol. The number of rotatable bonds is 0. The third-order valence-electron chi connectivity index (χ3n) is 2.99. The van der Waals surface area contributed by atoms with Crippen LogP contribution in [-0.4, -0.2) is 4.98 Å². The predicted octanol–water partition coefficient (Wildman–Crippen LogP) is 3.12. The zero-order valence-corrected chi connectivity index (χ0v) is 9.97. The van der Waals surface area contributed by atoms with E-state index in [0.717, 1.165) is 24.2 Å². The van der Waals surface area contributed by atoms with Gasteiger partial charge in [0.2, 0.25) is 0 Å². The lowest BCUT2D eigenvalue weighted by molar-refractivity contribution is 0.602. The second-order valence-corrected chi connectivity index (χ2v) is 4.19. The van der Waals surface area contributed by atoms with Crippen LogP contribution in [0.1, 0.15) is 11.1 Å². The molecule has 0 saturated carbocycles. The fraction of sp³-hybridized carbons (Fsp3) is 0.133. The monoisotopic (exact) mass is 238 g/mol. The van der Waals surface area contributed by atoms with Crippen LogP contribution in [0.15, 0.2) is 59.3 Å². The summed E-state index contributed by atoms with van der Waals surface area (Å²) in [5, 5.41) is 3.29. The summed E-state index contributed by atoms with van der Waals surface area (Å²) in [6.45, 7) is 2.10. The van der Waals surface area contributed by atoms with Gasteiger partial charge in [-0.15, -0.1) is 0 Å². The van der Waals surface area contributed by atoms with Gasteiger partial charge in [0, 0.05) is 13.1 Å². The summed E-state index contributed by atoms with van der Waals surface area (Å²) in [7, 11) is 0. The first-order valence-corrected chi connectivity index (χ1v) is 5.99. The molecule has 90 valence electrons. The maximum atomic E-state index is 5.01. The highest BCUT2D eigenvalue weighted by Crippen LogP contribution is 2.13. The van der Waals surface area contributed by atoms with E-state index in [9.17, 15) is 0 Å². The molecule has 0 aliphatic carbocycles. The van der Waals surface area contributed by atoms with Crippen LogP contribution in [0.25, 0.3) is 11.1 Å². The Labute approximate surface area is 105 Å². The molecule has 0 amide bonds. The second kappa shape index (κ2) is 5.02. The molecule has 1 aromatic heterocycles. The Morgan fingerprint density at radius 1 is 0.889 bits per heavy atom. The summed E-state index contributed by atoms with van der Waals surface area (Å²) in [5.74, 6) is 0. The van der Waals surface area contributed by atoms with Crippen molar-refractivity contribution in [1.29, 1.82) is 0 Å². The lowest BCUT2D eigenvalue weighted by Gasteiger charge is -1.91. The van der Waals surface area contributed by atoms with Crippen LogP contribution in [0.4, 0.5) is 0 Å².